The fraction of sp³-hybridized carbons (Fsp3) is 0.684. The Hall–Kier alpha value is -1.63. The minimum absolute atomic E-state index is 0.263. The lowest BCUT2D eigenvalue weighted by Crippen LogP contribution is -2.58. The molecule has 1 amide bonds. The highest BCUT2D eigenvalue weighted by atomic mass is 28.4. The number of amides is 1. The molecular formula is C19H33FN2O3Si. The number of rotatable bonds is 3. The summed E-state index contributed by atoms with van der Waals surface area (Å²) in [6.45, 7) is 16.8. The third-order valence-electron chi connectivity index (χ3n) is 4.15. The average Bonchev–Trinajstić information content (AvgIpc) is 2.41. The monoisotopic (exact) mass is 384 g/mol. The van der Waals surface area contributed by atoms with Crippen LogP contribution in [0.15, 0.2) is 12.3 Å². The van der Waals surface area contributed by atoms with Crippen LogP contribution in [0.4, 0.5) is 14.7 Å². The quantitative estimate of drug-likeness (QED) is 0.578. The summed E-state index contributed by atoms with van der Waals surface area (Å²) in [4.78, 5) is 16.2. The first-order valence-corrected chi connectivity index (χ1v) is 10.6. The lowest BCUT2D eigenvalue weighted by atomic mass is 10.2. The number of aromatic nitrogens is 1. The molecule has 0 aliphatic rings. The summed E-state index contributed by atoms with van der Waals surface area (Å²) >= 11 is 0. The minimum Gasteiger partial charge on any atom is -0.497 e. The Morgan fingerprint density at radius 3 is 1.96 bits per heavy atom. The number of anilines is 1. The van der Waals surface area contributed by atoms with Crippen LogP contribution >= 0.6 is 0 Å². The van der Waals surface area contributed by atoms with Gasteiger partial charge in [0.25, 0.3) is 8.41 Å². The fourth-order valence-electron chi connectivity index (χ4n) is 3.27. The molecule has 0 aliphatic heterocycles. The lowest BCUT2D eigenvalue weighted by Gasteiger charge is -2.45. The normalized spacial score (nSPS) is 13.3. The van der Waals surface area contributed by atoms with E-state index < -0.39 is 30.2 Å². The van der Waals surface area contributed by atoms with Gasteiger partial charge in [-0.25, -0.2) is 9.78 Å². The van der Waals surface area contributed by atoms with Crippen LogP contribution in [0.2, 0.25) is 10.1 Å². The highest BCUT2D eigenvalue weighted by Gasteiger charge is 2.58. The topological polar surface area (TPSA) is 60.5 Å². The molecule has 1 heterocycles. The predicted octanol–water partition coefficient (Wildman–Crippen LogP) is 5.16. The largest absolute Gasteiger partial charge is 0.497 e. The van der Waals surface area contributed by atoms with E-state index in [-0.39, 0.29) is 5.82 Å². The van der Waals surface area contributed by atoms with Gasteiger partial charge >= 0.3 is 6.09 Å². The summed E-state index contributed by atoms with van der Waals surface area (Å²) in [6, 6.07) is 1.55. The number of methoxy groups -OCH3 is 1. The van der Waals surface area contributed by atoms with E-state index in [1.165, 1.54) is 13.3 Å². The molecule has 0 spiro atoms. The van der Waals surface area contributed by atoms with Crippen molar-refractivity contribution in [3.63, 3.8) is 0 Å². The third-order valence-corrected chi connectivity index (χ3v) is 9.40. The number of nitrogens with zero attached hydrogens (tertiary/aromatic N) is 1. The molecule has 1 aromatic heterocycles. The Kier molecular flexibility index (Phi) is 6.18. The number of carbonyl (C=O) groups excluding carboxylic acids is 1. The van der Waals surface area contributed by atoms with E-state index in [0.717, 1.165) is 0 Å². The summed E-state index contributed by atoms with van der Waals surface area (Å²) < 4.78 is 27.2. The van der Waals surface area contributed by atoms with Crippen molar-refractivity contribution in [1.82, 2.24) is 4.98 Å². The highest BCUT2D eigenvalue weighted by molar-refractivity contribution is 6.91. The Labute approximate surface area is 157 Å². The summed E-state index contributed by atoms with van der Waals surface area (Å²) in [7, 11) is -2.03. The molecule has 0 fully saturated rings. The summed E-state index contributed by atoms with van der Waals surface area (Å²) in [6.07, 6.45) is 0.879. The van der Waals surface area contributed by atoms with E-state index in [2.05, 4.69) is 10.3 Å². The summed E-state index contributed by atoms with van der Waals surface area (Å²) in [5.74, 6) is 0.657. The van der Waals surface area contributed by atoms with E-state index >= 15 is 4.11 Å². The smallest absolute Gasteiger partial charge is 0.413 e. The van der Waals surface area contributed by atoms with Gasteiger partial charge in [0.15, 0.2) is 0 Å². The van der Waals surface area contributed by atoms with Crippen LogP contribution in [0.1, 0.15) is 62.3 Å². The van der Waals surface area contributed by atoms with Crippen molar-refractivity contribution in [3.8, 4) is 5.75 Å². The van der Waals surface area contributed by atoms with Crippen molar-refractivity contribution in [2.24, 2.45) is 0 Å². The van der Waals surface area contributed by atoms with Gasteiger partial charge in [0.1, 0.15) is 17.2 Å². The van der Waals surface area contributed by atoms with Crippen molar-refractivity contribution in [2.45, 2.75) is 78.0 Å². The average molecular weight is 385 g/mol. The molecule has 0 radical (unpaired) electrons. The van der Waals surface area contributed by atoms with E-state index in [4.69, 9.17) is 9.47 Å². The molecule has 0 saturated carbocycles. The second kappa shape index (κ2) is 7.17. The maximum Gasteiger partial charge on any atom is 0.413 e. The van der Waals surface area contributed by atoms with Crippen LogP contribution in [-0.2, 0) is 4.74 Å². The second-order valence-corrected chi connectivity index (χ2v) is 14.4. The van der Waals surface area contributed by atoms with Crippen molar-refractivity contribution in [1.29, 1.82) is 0 Å². The molecule has 26 heavy (non-hydrogen) atoms. The van der Waals surface area contributed by atoms with Gasteiger partial charge in [-0.3, -0.25) is 5.32 Å². The molecule has 0 aliphatic carbocycles. The second-order valence-electron chi connectivity index (χ2n) is 9.56. The number of hydrogen-bond acceptors (Lipinski definition) is 4. The zero-order valence-electron chi connectivity index (χ0n) is 17.7. The van der Waals surface area contributed by atoms with Crippen molar-refractivity contribution >= 4 is 25.5 Å². The van der Waals surface area contributed by atoms with Gasteiger partial charge in [-0.1, -0.05) is 41.5 Å². The first-order valence-electron chi connectivity index (χ1n) is 8.76. The van der Waals surface area contributed by atoms with Crippen LogP contribution < -0.4 is 15.2 Å². The van der Waals surface area contributed by atoms with Gasteiger partial charge in [-0.15, -0.1) is 0 Å². The number of ether oxygens (including phenoxy) is 2. The molecule has 1 rings (SSSR count). The van der Waals surface area contributed by atoms with E-state index in [0.29, 0.717) is 10.9 Å². The fourth-order valence-corrected chi connectivity index (χ4v) is 7.90. The number of halogens is 1. The van der Waals surface area contributed by atoms with Gasteiger partial charge in [0.2, 0.25) is 0 Å². The molecule has 0 atom stereocenters. The molecule has 1 N–H and O–H groups in total. The van der Waals surface area contributed by atoms with Crippen molar-refractivity contribution in [2.75, 3.05) is 12.4 Å². The SMILES string of the molecule is COc1cc(NC(=O)OC(C)(C)C)ncc1[Si](F)(C(C)(C)C)C(C)(C)C. The molecule has 0 bridgehead atoms. The predicted molar refractivity (Wildman–Crippen MR) is 107 cm³/mol. The molecule has 0 unspecified atom stereocenters. The Morgan fingerprint density at radius 2 is 1.58 bits per heavy atom. The maximum absolute atomic E-state index is 16.5. The molecule has 5 nitrogen and oxygen atoms in total. The third kappa shape index (κ3) is 4.75. The first-order chi connectivity index (χ1) is 11.5. The molecule has 1 aromatic rings. The van der Waals surface area contributed by atoms with E-state index in [9.17, 15) is 4.79 Å². The lowest BCUT2D eigenvalue weighted by molar-refractivity contribution is 0.0635. The van der Waals surface area contributed by atoms with Gasteiger partial charge in [-0.05, 0) is 30.8 Å². The molecule has 0 saturated heterocycles. The van der Waals surface area contributed by atoms with Crippen LogP contribution in [-0.4, -0.2) is 32.2 Å². The summed E-state index contributed by atoms with van der Waals surface area (Å²) in [5, 5.41) is 1.95. The molecule has 0 aromatic carbocycles. The highest BCUT2D eigenvalue weighted by Crippen LogP contribution is 2.52. The number of pyridine rings is 1. The maximum atomic E-state index is 16.5. The van der Waals surface area contributed by atoms with Crippen molar-refractivity contribution < 1.29 is 18.4 Å². The van der Waals surface area contributed by atoms with Gasteiger partial charge in [0.05, 0.1) is 7.11 Å². The standard InChI is InChI=1S/C19H33FN2O3Si/c1-17(2,3)25-16(23)22-15-11-13(24-10)14(12-21-15)26(20,18(4,5)6)19(7,8)9/h11-12H,1-10H3,(H,21,22,23). The molecule has 148 valence electrons. The van der Waals surface area contributed by atoms with Crippen LogP contribution in [0, 0.1) is 0 Å². The number of carbonyl (C=O) groups is 1. The Balaban J connectivity index is 3.34. The minimum atomic E-state index is -3.53. The Morgan fingerprint density at radius 1 is 1.08 bits per heavy atom. The summed E-state index contributed by atoms with van der Waals surface area (Å²) in [5.41, 5.74) is -0.617. The van der Waals surface area contributed by atoms with Crippen molar-refractivity contribution in [3.05, 3.63) is 12.3 Å². The van der Waals surface area contributed by atoms with Crippen LogP contribution in [0.5, 0.6) is 5.75 Å². The molecule has 7 heteroatoms. The molecular weight excluding hydrogens is 351 g/mol. The van der Waals surface area contributed by atoms with E-state index in [1.54, 1.807) is 26.8 Å². The van der Waals surface area contributed by atoms with E-state index in [1.807, 2.05) is 41.5 Å². The zero-order valence-corrected chi connectivity index (χ0v) is 18.7. The first kappa shape index (κ1) is 22.4. The van der Waals surface area contributed by atoms with Gasteiger partial charge < -0.3 is 13.6 Å². The number of nitrogens with one attached hydrogen (secondary N) is 1. The Bertz CT molecular complexity index is 644. The zero-order chi connectivity index (χ0) is 20.6. The van der Waals surface area contributed by atoms with Gasteiger partial charge in [-0.2, -0.15) is 0 Å². The van der Waals surface area contributed by atoms with Crippen LogP contribution in [0.3, 0.4) is 0 Å². The van der Waals surface area contributed by atoms with Crippen LogP contribution in [0.25, 0.3) is 0 Å². The van der Waals surface area contributed by atoms with Gasteiger partial charge in [0, 0.05) is 17.4 Å². The number of hydrogen-bond donors (Lipinski definition) is 1.